The molecule has 1 unspecified atom stereocenters. The molecule has 0 spiro atoms. The van der Waals surface area contributed by atoms with Crippen molar-refractivity contribution < 1.29 is 0 Å². The number of nitrogens with zero attached hydrogens (tertiary/aromatic N) is 2. The van der Waals surface area contributed by atoms with E-state index in [4.69, 9.17) is 5.73 Å². The van der Waals surface area contributed by atoms with E-state index in [2.05, 4.69) is 60.7 Å². The second kappa shape index (κ2) is 5.47. The van der Waals surface area contributed by atoms with Gasteiger partial charge in [0.1, 0.15) is 0 Å². The van der Waals surface area contributed by atoms with Crippen LogP contribution in [0.4, 0.5) is 0 Å². The van der Waals surface area contributed by atoms with Gasteiger partial charge < -0.3 is 5.73 Å². The Balaban J connectivity index is 2.01. The van der Waals surface area contributed by atoms with Gasteiger partial charge in [0.25, 0.3) is 0 Å². The zero-order valence-electron chi connectivity index (χ0n) is 11.7. The lowest BCUT2D eigenvalue weighted by Crippen LogP contribution is -2.11. The van der Waals surface area contributed by atoms with Crippen LogP contribution in [0.2, 0.25) is 0 Å². The van der Waals surface area contributed by atoms with Gasteiger partial charge in [-0.3, -0.25) is 4.68 Å². The van der Waals surface area contributed by atoms with Crippen molar-refractivity contribution >= 4 is 10.8 Å². The predicted molar refractivity (Wildman–Crippen MR) is 82.5 cm³/mol. The molecule has 102 valence electrons. The van der Waals surface area contributed by atoms with Crippen molar-refractivity contribution in [1.82, 2.24) is 9.78 Å². The third-order valence-electron chi connectivity index (χ3n) is 3.62. The summed E-state index contributed by atoms with van der Waals surface area (Å²) in [7, 11) is 0. The zero-order chi connectivity index (χ0) is 13.9. The molecule has 1 atom stereocenters. The normalized spacial score (nSPS) is 12.7. The molecule has 3 aromatic rings. The first-order valence-electron chi connectivity index (χ1n) is 7.05. The average Bonchev–Trinajstić information content (AvgIpc) is 2.95. The summed E-state index contributed by atoms with van der Waals surface area (Å²) in [4.78, 5) is 0. The van der Waals surface area contributed by atoms with Crippen LogP contribution < -0.4 is 5.73 Å². The summed E-state index contributed by atoms with van der Waals surface area (Å²) in [5.41, 5.74) is 8.66. The molecular weight excluding hydrogens is 246 g/mol. The Kier molecular flexibility index (Phi) is 3.52. The average molecular weight is 265 g/mol. The molecule has 0 fully saturated rings. The van der Waals surface area contributed by atoms with Crippen LogP contribution in [0.15, 0.2) is 54.9 Å². The number of rotatable bonds is 4. The van der Waals surface area contributed by atoms with Crippen molar-refractivity contribution in [3.63, 3.8) is 0 Å². The minimum absolute atomic E-state index is 0.133. The molecule has 0 saturated carbocycles. The van der Waals surface area contributed by atoms with Crippen LogP contribution in [0.5, 0.6) is 0 Å². The van der Waals surface area contributed by atoms with Crippen LogP contribution in [0, 0.1) is 0 Å². The Bertz CT molecular complexity index is 710. The molecule has 3 nitrogen and oxygen atoms in total. The van der Waals surface area contributed by atoms with Gasteiger partial charge >= 0.3 is 0 Å². The van der Waals surface area contributed by atoms with Crippen LogP contribution >= 0.6 is 0 Å². The molecule has 0 aliphatic carbocycles. The number of aromatic nitrogens is 2. The molecule has 0 bridgehead atoms. The highest BCUT2D eigenvalue weighted by atomic mass is 15.3. The van der Waals surface area contributed by atoms with E-state index in [1.807, 2.05) is 10.9 Å². The van der Waals surface area contributed by atoms with Gasteiger partial charge in [-0.1, -0.05) is 49.4 Å². The fourth-order valence-electron chi connectivity index (χ4n) is 2.59. The fraction of sp³-hybridized carbons (Fsp3) is 0.235. The Morgan fingerprint density at radius 2 is 1.95 bits per heavy atom. The summed E-state index contributed by atoms with van der Waals surface area (Å²) in [5, 5.41) is 6.81. The van der Waals surface area contributed by atoms with E-state index in [9.17, 15) is 0 Å². The van der Waals surface area contributed by atoms with Crippen molar-refractivity contribution in [2.24, 2.45) is 5.73 Å². The number of benzene rings is 2. The van der Waals surface area contributed by atoms with E-state index in [0.717, 1.165) is 24.1 Å². The maximum Gasteiger partial charge on any atom is 0.0588 e. The van der Waals surface area contributed by atoms with Crippen molar-refractivity contribution in [2.75, 3.05) is 0 Å². The number of hydrogen-bond acceptors (Lipinski definition) is 2. The topological polar surface area (TPSA) is 43.8 Å². The van der Waals surface area contributed by atoms with Gasteiger partial charge in [0.2, 0.25) is 0 Å². The highest BCUT2D eigenvalue weighted by Gasteiger charge is 2.13. The summed E-state index contributed by atoms with van der Waals surface area (Å²) in [6.45, 7) is 3.08. The van der Waals surface area contributed by atoms with E-state index >= 15 is 0 Å². The van der Waals surface area contributed by atoms with Crippen LogP contribution in [-0.2, 0) is 6.54 Å². The van der Waals surface area contributed by atoms with Gasteiger partial charge in [-0.15, -0.1) is 0 Å². The summed E-state index contributed by atoms with van der Waals surface area (Å²) >= 11 is 0. The molecule has 1 aromatic heterocycles. The van der Waals surface area contributed by atoms with E-state index in [0.29, 0.717) is 0 Å². The monoisotopic (exact) mass is 265 g/mol. The summed E-state index contributed by atoms with van der Waals surface area (Å²) in [6.07, 6.45) is 5.00. The van der Waals surface area contributed by atoms with Crippen LogP contribution in [-0.4, -0.2) is 9.78 Å². The molecule has 3 heteroatoms. The fourth-order valence-corrected chi connectivity index (χ4v) is 2.59. The lowest BCUT2D eigenvalue weighted by molar-refractivity contribution is 0.602. The molecule has 3 rings (SSSR count). The summed E-state index contributed by atoms with van der Waals surface area (Å²) < 4.78 is 1.96. The number of hydrogen-bond donors (Lipinski definition) is 1. The maximum atomic E-state index is 6.44. The van der Waals surface area contributed by atoms with Gasteiger partial charge in [0.05, 0.1) is 12.2 Å². The lowest BCUT2D eigenvalue weighted by Gasteiger charge is -2.13. The number of nitrogens with two attached hydrogens (primary N) is 1. The summed E-state index contributed by atoms with van der Waals surface area (Å²) in [6, 6.07) is 14.5. The lowest BCUT2D eigenvalue weighted by atomic mass is 9.96. The quantitative estimate of drug-likeness (QED) is 0.784. The number of fused-ring (bicyclic) bond motifs is 1. The molecule has 0 saturated heterocycles. The molecule has 0 aliphatic rings. The number of aryl methyl sites for hydroxylation is 1. The molecule has 2 aromatic carbocycles. The van der Waals surface area contributed by atoms with Crippen LogP contribution in [0.25, 0.3) is 10.8 Å². The minimum atomic E-state index is -0.133. The van der Waals surface area contributed by atoms with Crippen molar-refractivity contribution in [1.29, 1.82) is 0 Å². The third kappa shape index (κ3) is 2.32. The van der Waals surface area contributed by atoms with Crippen LogP contribution in [0.3, 0.4) is 0 Å². The second-order valence-electron chi connectivity index (χ2n) is 5.08. The highest BCUT2D eigenvalue weighted by Crippen LogP contribution is 2.27. The van der Waals surface area contributed by atoms with Crippen LogP contribution in [0.1, 0.15) is 30.5 Å². The SMILES string of the molecule is CCCn1cc(C(N)c2cccc3ccccc23)cn1. The molecule has 0 radical (unpaired) electrons. The van der Waals surface area contributed by atoms with Gasteiger partial charge in [0, 0.05) is 18.3 Å². The van der Waals surface area contributed by atoms with Gasteiger partial charge in [-0.2, -0.15) is 5.10 Å². The Morgan fingerprint density at radius 1 is 1.15 bits per heavy atom. The van der Waals surface area contributed by atoms with E-state index in [1.54, 1.807) is 0 Å². The van der Waals surface area contributed by atoms with Crippen molar-refractivity contribution in [3.8, 4) is 0 Å². The largest absolute Gasteiger partial charge is 0.320 e. The minimum Gasteiger partial charge on any atom is -0.320 e. The third-order valence-corrected chi connectivity index (χ3v) is 3.62. The van der Waals surface area contributed by atoms with Gasteiger partial charge in [-0.05, 0) is 22.8 Å². The summed E-state index contributed by atoms with van der Waals surface area (Å²) in [5.74, 6) is 0. The molecule has 20 heavy (non-hydrogen) atoms. The predicted octanol–water partition coefficient (Wildman–Crippen LogP) is 3.49. The Morgan fingerprint density at radius 3 is 2.80 bits per heavy atom. The van der Waals surface area contributed by atoms with Crippen molar-refractivity contribution in [2.45, 2.75) is 25.9 Å². The molecule has 2 N–H and O–H groups in total. The van der Waals surface area contributed by atoms with Crippen molar-refractivity contribution in [3.05, 3.63) is 66.0 Å². The van der Waals surface area contributed by atoms with E-state index in [1.165, 1.54) is 10.8 Å². The second-order valence-corrected chi connectivity index (χ2v) is 5.08. The highest BCUT2D eigenvalue weighted by molar-refractivity contribution is 5.86. The molecule has 0 amide bonds. The zero-order valence-corrected chi connectivity index (χ0v) is 11.7. The first kappa shape index (κ1) is 12.9. The standard InChI is InChI=1S/C17H19N3/c1-2-10-20-12-14(11-19-20)17(18)16-9-5-7-13-6-3-4-8-15(13)16/h3-9,11-12,17H,2,10,18H2,1H3. The first-order chi connectivity index (χ1) is 9.79. The van der Waals surface area contributed by atoms with Gasteiger partial charge in [-0.25, -0.2) is 0 Å². The first-order valence-corrected chi connectivity index (χ1v) is 7.05. The maximum absolute atomic E-state index is 6.44. The molecule has 0 aliphatic heterocycles. The Hall–Kier alpha value is -2.13. The Labute approximate surface area is 119 Å². The van der Waals surface area contributed by atoms with Gasteiger partial charge in [0.15, 0.2) is 0 Å². The van der Waals surface area contributed by atoms with E-state index in [-0.39, 0.29) is 6.04 Å². The van der Waals surface area contributed by atoms with E-state index < -0.39 is 0 Å². The molecular formula is C17H19N3. The smallest absolute Gasteiger partial charge is 0.0588 e. The molecule has 1 heterocycles.